The molecule has 0 bridgehead atoms. The number of nitrogens with zero attached hydrogens (tertiary/aromatic N) is 4. The summed E-state index contributed by atoms with van der Waals surface area (Å²) in [5.74, 6) is -2.39. The number of nitrogens with one attached hydrogen (secondary N) is 2. The number of hydrogen-bond acceptors (Lipinski definition) is 7. The molecule has 2 aromatic rings. The van der Waals surface area contributed by atoms with Crippen molar-refractivity contribution in [3.8, 4) is 0 Å². The first kappa shape index (κ1) is 28.0. The number of anilines is 4. The molecule has 1 aliphatic carbocycles. The van der Waals surface area contributed by atoms with Crippen LogP contribution in [0.25, 0.3) is 0 Å². The maximum Gasteiger partial charge on any atom is 0.412 e. The largest absolute Gasteiger partial charge is 0.444 e. The van der Waals surface area contributed by atoms with E-state index in [2.05, 4.69) is 25.5 Å². The Hall–Kier alpha value is -3.50. The molecule has 2 amide bonds. The van der Waals surface area contributed by atoms with Gasteiger partial charge in [-0.1, -0.05) is 0 Å². The fraction of sp³-hybridized carbons (Fsp3) is 0.586. The van der Waals surface area contributed by atoms with Crippen molar-refractivity contribution < 1.29 is 23.1 Å². The Balaban J connectivity index is 1.37. The van der Waals surface area contributed by atoms with Gasteiger partial charge in [0.2, 0.25) is 5.95 Å². The molecule has 3 aliphatic rings. The van der Waals surface area contributed by atoms with E-state index in [0.29, 0.717) is 34.1 Å². The number of amides is 2. The zero-order chi connectivity index (χ0) is 28.7. The second kappa shape index (κ2) is 10.5. The third-order valence-corrected chi connectivity index (χ3v) is 7.87. The quantitative estimate of drug-likeness (QED) is 0.466. The van der Waals surface area contributed by atoms with Crippen molar-refractivity contribution in [3.05, 3.63) is 35.5 Å². The first-order valence-corrected chi connectivity index (χ1v) is 14.0. The summed E-state index contributed by atoms with van der Waals surface area (Å²) in [5.41, 5.74) is 2.17. The Labute approximate surface area is 233 Å². The number of hydrogen-bond donors (Lipinski definition) is 2. The van der Waals surface area contributed by atoms with Gasteiger partial charge in [-0.05, 0) is 77.0 Å². The van der Waals surface area contributed by atoms with E-state index in [1.807, 2.05) is 6.07 Å². The van der Waals surface area contributed by atoms with Crippen molar-refractivity contribution in [3.63, 3.8) is 0 Å². The Morgan fingerprint density at radius 1 is 0.900 bits per heavy atom. The van der Waals surface area contributed by atoms with E-state index in [1.54, 1.807) is 50.8 Å². The second-order valence-corrected chi connectivity index (χ2v) is 12.3. The molecule has 5 rings (SSSR count). The summed E-state index contributed by atoms with van der Waals surface area (Å²) in [5, 5.41) is 5.67. The molecule has 1 aromatic heterocycles. The van der Waals surface area contributed by atoms with Crippen molar-refractivity contribution >= 4 is 35.1 Å². The minimum absolute atomic E-state index is 0.149. The van der Waals surface area contributed by atoms with Crippen LogP contribution in [0.2, 0.25) is 0 Å². The summed E-state index contributed by atoms with van der Waals surface area (Å²) in [7, 11) is 0. The summed E-state index contributed by atoms with van der Waals surface area (Å²) >= 11 is 0. The number of carbonyl (C=O) groups is 2. The van der Waals surface area contributed by atoms with Crippen molar-refractivity contribution in [1.82, 2.24) is 9.97 Å². The van der Waals surface area contributed by atoms with Gasteiger partial charge >= 0.3 is 6.09 Å². The van der Waals surface area contributed by atoms with Gasteiger partial charge in [0.25, 0.3) is 11.8 Å². The monoisotopic (exact) mass is 556 g/mol. The molecule has 2 saturated heterocycles. The highest BCUT2D eigenvalue weighted by atomic mass is 19.3. The molecule has 0 unspecified atom stereocenters. The van der Waals surface area contributed by atoms with Gasteiger partial charge in [-0.2, -0.15) is 4.98 Å². The maximum absolute atomic E-state index is 13.7. The highest BCUT2D eigenvalue weighted by Crippen LogP contribution is 2.54. The van der Waals surface area contributed by atoms with E-state index in [4.69, 9.17) is 4.74 Å². The molecular formula is C29H38F2N6O3. The van der Waals surface area contributed by atoms with E-state index in [-0.39, 0.29) is 31.8 Å². The number of halogens is 2. The lowest BCUT2D eigenvalue weighted by Crippen LogP contribution is -2.40. The van der Waals surface area contributed by atoms with Crippen LogP contribution in [0, 0.1) is 12.3 Å². The number of aromatic nitrogens is 2. The van der Waals surface area contributed by atoms with Crippen molar-refractivity contribution in [1.29, 1.82) is 0 Å². The van der Waals surface area contributed by atoms with E-state index in [1.165, 1.54) is 12.8 Å². The molecule has 40 heavy (non-hydrogen) atoms. The number of carbonyl (C=O) groups excluding carboxylic acids is 2. The predicted molar refractivity (Wildman–Crippen MR) is 151 cm³/mol. The molecule has 1 saturated carbocycles. The smallest absolute Gasteiger partial charge is 0.412 e. The van der Waals surface area contributed by atoms with Gasteiger partial charge in [-0.25, -0.2) is 18.6 Å². The lowest BCUT2D eigenvalue weighted by molar-refractivity contribution is -0.0222. The zero-order valence-corrected chi connectivity index (χ0v) is 23.6. The average molecular weight is 557 g/mol. The average Bonchev–Trinajstić information content (AvgIpc) is 3.61. The van der Waals surface area contributed by atoms with Crippen LogP contribution >= 0.6 is 0 Å². The molecule has 3 heterocycles. The summed E-state index contributed by atoms with van der Waals surface area (Å²) < 4.78 is 32.7. The number of benzene rings is 1. The first-order chi connectivity index (χ1) is 18.8. The SMILES string of the molecule is Cc1cc(NC(=O)c2ccc(NC(=O)OC(C)(C)C)cc2N2CCC3(CC2)CC3)nc(N2CCC(F)(F)CC2)n1. The van der Waals surface area contributed by atoms with E-state index < -0.39 is 17.6 Å². The number of aryl methyl sites for hydroxylation is 1. The number of alkyl halides is 2. The second-order valence-electron chi connectivity index (χ2n) is 12.3. The van der Waals surface area contributed by atoms with Crippen LogP contribution in [-0.2, 0) is 4.74 Å². The summed E-state index contributed by atoms with van der Waals surface area (Å²) in [6.45, 7) is 9.13. The Bertz CT molecular complexity index is 1270. The number of piperidine rings is 2. The van der Waals surface area contributed by atoms with Crippen molar-refractivity contribution in [2.45, 2.75) is 77.7 Å². The number of ether oxygens (including phenoxy) is 1. The van der Waals surface area contributed by atoms with E-state index in [9.17, 15) is 18.4 Å². The molecule has 11 heteroatoms. The standard InChI is InChI=1S/C29H38F2N6O3/c1-19-17-23(35-25(32-19)37-15-11-29(30,31)12-16-37)34-24(38)21-6-5-20(33-26(39)40-27(2,3)4)18-22(21)36-13-9-28(7-8-28)10-14-36/h5-6,17-18H,7-16H2,1-4H3,(H,33,39)(H,32,34,35,38). The van der Waals surface area contributed by atoms with Gasteiger partial charge < -0.3 is 19.9 Å². The lowest BCUT2D eigenvalue weighted by Gasteiger charge is -2.35. The van der Waals surface area contributed by atoms with Crippen LogP contribution in [0.1, 0.15) is 75.3 Å². The summed E-state index contributed by atoms with van der Waals surface area (Å²) in [6, 6.07) is 6.85. The van der Waals surface area contributed by atoms with Gasteiger partial charge in [-0.3, -0.25) is 10.1 Å². The Morgan fingerprint density at radius 2 is 1.55 bits per heavy atom. The van der Waals surface area contributed by atoms with Gasteiger partial charge in [0.15, 0.2) is 0 Å². The minimum Gasteiger partial charge on any atom is -0.444 e. The highest BCUT2D eigenvalue weighted by molar-refractivity contribution is 6.08. The molecule has 0 atom stereocenters. The molecule has 1 spiro atoms. The fourth-order valence-corrected chi connectivity index (χ4v) is 5.36. The Morgan fingerprint density at radius 3 is 2.17 bits per heavy atom. The summed E-state index contributed by atoms with van der Waals surface area (Å²) in [4.78, 5) is 38.8. The maximum atomic E-state index is 13.7. The molecule has 2 N–H and O–H groups in total. The molecule has 1 aromatic carbocycles. The van der Waals surface area contributed by atoms with Crippen LogP contribution in [0.5, 0.6) is 0 Å². The molecule has 216 valence electrons. The highest BCUT2D eigenvalue weighted by Gasteiger charge is 2.44. The summed E-state index contributed by atoms with van der Waals surface area (Å²) in [6.07, 6.45) is 3.59. The number of rotatable bonds is 5. The molecule has 0 radical (unpaired) electrons. The lowest BCUT2D eigenvalue weighted by atomic mass is 9.93. The van der Waals surface area contributed by atoms with Crippen LogP contribution in [0.3, 0.4) is 0 Å². The molecular weight excluding hydrogens is 518 g/mol. The third kappa shape index (κ3) is 6.79. The van der Waals surface area contributed by atoms with Crippen molar-refractivity contribution in [2.75, 3.05) is 46.6 Å². The van der Waals surface area contributed by atoms with Crippen LogP contribution in [-0.4, -0.2) is 59.7 Å². The van der Waals surface area contributed by atoms with E-state index >= 15 is 0 Å². The van der Waals surface area contributed by atoms with Crippen LogP contribution in [0.4, 0.5) is 36.7 Å². The van der Waals surface area contributed by atoms with Gasteiger partial charge in [0.1, 0.15) is 11.4 Å². The van der Waals surface area contributed by atoms with Crippen LogP contribution in [0.15, 0.2) is 24.3 Å². The topological polar surface area (TPSA) is 99.7 Å². The third-order valence-electron chi connectivity index (χ3n) is 7.87. The normalized spacial score (nSPS) is 19.8. The predicted octanol–water partition coefficient (Wildman–Crippen LogP) is 6.00. The van der Waals surface area contributed by atoms with E-state index in [0.717, 1.165) is 31.6 Å². The fourth-order valence-electron chi connectivity index (χ4n) is 5.36. The minimum atomic E-state index is -2.67. The van der Waals surface area contributed by atoms with Gasteiger partial charge in [0, 0.05) is 56.5 Å². The zero-order valence-electron chi connectivity index (χ0n) is 23.6. The first-order valence-electron chi connectivity index (χ1n) is 14.0. The Kier molecular flexibility index (Phi) is 7.35. The van der Waals surface area contributed by atoms with Gasteiger partial charge in [-0.15, -0.1) is 0 Å². The van der Waals surface area contributed by atoms with Crippen LogP contribution < -0.4 is 20.4 Å². The molecule has 3 fully saturated rings. The molecule has 9 nitrogen and oxygen atoms in total. The molecule has 2 aliphatic heterocycles. The van der Waals surface area contributed by atoms with Crippen molar-refractivity contribution in [2.24, 2.45) is 5.41 Å². The van der Waals surface area contributed by atoms with Gasteiger partial charge in [0.05, 0.1) is 11.3 Å².